The number of nitrogens with zero attached hydrogens (tertiary/aromatic N) is 4. The van der Waals surface area contributed by atoms with Gasteiger partial charge in [-0.05, 0) is 44.1 Å². The van der Waals surface area contributed by atoms with Gasteiger partial charge in [0.05, 0.1) is 35.5 Å². The van der Waals surface area contributed by atoms with Crippen LogP contribution in [0.2, 0.25) is 5.02 Å². The summed E-state index contributed by atoms with van der Waals surface area (Å²) in [6, 6.07) is 5.18. The summed E-state index contributed by atoms with van der Waals surface area (Å²) in [5, 5.41) is 9.41. The predicted molar refractivity (Wildman–Crippen MR) is 137 cm³/mol. The van der Waals surface area contributed by atoms with E-state index in [2.05, 4.69) is 20.5 Å². The maximum atomic E-state index is 14.9. The summed E-state index contributed by atoms with van der Waals surface area (Å²) in [6.45, 7) is -1.46. The van der Waals surface area contributed by atoms with Crippen molar-refractivity contribution < 1.29 is 36.7 Å². The zero-order valence-corrected chi connectivity index (χ0v) is 22.2. The molecule has 0 bridgehead atoms. The van der Waals surface area contributed by atoms with Gasteiger partial charge in [0.15, 0.2) is 24.0 Å². The van der Waals surface area contributed by atoms with Gasteiger partial charge in [0.2, 0.25) is 0 Å². The van der Waals surface area contributed by atoms with Crippen molar-refractivity contribution >= 4 is 46.0 Å². The van der Waals surface area contributed by atoms with Crippen LogP contribution in [0.15, 0.2) is 30.5 Å². The second-order valence-electron chi connectivity index (χ2n) is 10.4. The van der Waals surface area contributed by atoms with Crippen molar-refractivity contribution in [1.29, 1.82) is 0 Å². The number of carbonyl (C=O) groups excluding carboxylic acids is 3. The Kier molecular flexibility index (Phi) is 6.64. The van der Waals surface area contributed by atoms with Crippen LogP contribution in [0.4, 0.5) is 23.2 Å². The minimum absolute atomic E-state index is 0.0105. The number of rotatable bonds is 3. The van der Waals surface area contributed by atoms with E-state index >= 15 is 0 Å². The van der Waals surface area contributed by atoms with Crippen molar-refractivity contribution in [3.8, 4) is 0 Å². The normalized spacial score (nSPS) is 24.2. The molecule has 0 radical (unpaired) electrons. The smallest absolute Gasteiger partial charge is 0.365 e. The molecule has 1 aromatic carbocycles. The molecule has 3 amide bonds. The third-order valence-electron chi connectivity index (χ3n) is 8.19. The minimum Gasteiger partial charge on any atom is -0.365 e. The number of H-pyrrole nitrogens is 1. The fourth-order valence-electron chi connectivity index (χ4n) is 6.17. The molecule has 10 nitrogen and oxygen atoms in total. The number of hydrogen-bond donors (Lipinski definition) is 2. The molecule has 15 heteroatoms. The topological polar surface area (TPSA) is 117 Å². The van der Waals surface area contributed by atoms with Gasteiger partial charge in [-0.1, -0.05) is 11.6 Å². The number of morpholine rings is 1. The van der Waals surface area contributed by atoms with Crippen LogP contribution in [-0.2, 0) is 19.7 Å². The van der Waals surface area contributed by atoms with Crippen molar-refractivity contribution in [1.82, 2.24) is 29.9 Å². The number of alkyl halides is 3. The molecule has 41 heavy (non-hydrogen) atoms. The summed E-state index contributed by atoms with van der Waals surface area (Å²) in [7, 11) is 0. The summed E-state index contributed by atoms with van der Waals surface area (Å²) >= 11 is 6.49. The Morgan fingerprint density at radius 2 is 1.95 bits per heavy atom. The number of ether oxygens (including phenoxy) is 1. The van der Waals surface area contributed by atoms with Crippen LogP contribution in [0.25, 0.3) is 11.0 Å². The number of benzene rings is 1. The number of pyridine rings is 1. The number of aromatic nitrogens is 3. The average molecular weight is 596 g/mol. The van der Waals surface area contributed by atoms with Gasteiger partial charge in [0.25, 0.3) is 5.91 Å². The average Bonchev–Trinajstić information content (AvgIpc) is 3.51. The van der Waals surface area contributed by atoms with E-state index in [4.69, 9.17) is 16.3 Å². The molecule has 1 spiro atoms. The molecular weight excluding hydrogens is 572 g/mol. The summed E-state index contributed by atoms with van der Waals surface area (Å²) < 4.78 is 58.8. The van der Waals surface area contributed by atoms with Crippen LogP contribution >= 0.6 is 11.6 Å². The Morgan fingerprint density at radius 3 is 2.68 bits per heavy atom. The van der Waals surface area contributed by atoms with Gasteiger partial charge in [-0.3, -0.25) is 9.89 Å². The van der Waals surface area contributed by atoms with Gasteiger partial charge in [0.1, 0.15) is 16.7 Å². The maximum Gasteiger partial charge on any atom is 0.416 e. The van der Waals surface area contributed by atoms with Gasteiger partial charge in [-0.25, -0.2) is 19.0 Å². The van der Waals surface area contributed by atoms with Crippen molar-refractivity contribution in [2.45, 2.75) is 30.5 Å². The standard InChI is InChI=1S/C26H23ClF4N6O4/c27-22-14(28)1-4-18-21(22)25(5-7-32-8-6-25)24(40)37(18,23(39)16-3-2-15-17(34-16)11-33-35-15)13-20(38)36-9-10-41-19(12-36)26(29,30)31/h1-4,11,19,32H,5-10,12-13H2/p+1. The molecule has 2 atom stereocenters. The number of imide groups is 1. The maximum absolute atomic E-state index is 14.9. The quantitative estimate of drug-likeness (QED) is 0.272. The zero-order chi connectivity index (χ0) is 29.2. The highest BCUT2D eigenvalue weighted by atomic mass is 35.5. The van der Waals surface area contributed by atoms with E-state index in [1.54, 1.807) is 0 Å². The van der Waals surface area contributed by atoms with E-state index < -0.39 is 58.8 Å². The lowest BCUT2D eigenvalue weighted by Gasteiger charge is -2.37. The molecule has 0 saturated carbocycles. The minimum atomic E-state index is -4.72. The van der Waals surface area contributed by atoms with Crippen LogP contribution in [0.3, 0.4) is 0 Å². The highest BCUT2D eigenvalue weighted by molar-refractivity contribution is 6.34. The van der Waals surface area contributed by atoms with Gasteiger partial charge in [0, 0.05) is 12.6 Å². The second-order valence-corrected chi connectivity index (χ2v) is 10.8. The molecule has 0 aliphatic carbocycles. The summed E-state index contributed by atoms with van der Waals surface area (Å²) in [5.41, 5.74) is -0.615. The van der Waals surface area contributed by atoms with Gasteiger partial charge in [-0.15, -0.1) is 0 Å². The van der Waals surface area contributed by atoms with E-state index in [0.29, 0.717) is 24.1 Å². The first-order valence-electron chi connectivity index (χ1n) is 12.9. The van der Waals surface area contributed by atoms with E-state index in [9.17, 15) is 31.9 Å². The van der Waals surface area contributed by atoms with Crippen molar-refractivity contribution in [3.63, 3.8) is 0 Å². The Hall–Kier alpha value is -3.46. The fourth-order valence-corrected chi connectivity index (χ4v) is 6.51. The Balaban J connectivity index is 1.51. The lowest BCUT2D eigenvalue weighted by Crippen LogP contribution is -2.65. The molecule has 216 valence electrons. The lowest BCUT2D eigenvalue weighted by atomic mass is 9.74. The van der Waals surface area contributed by atoms with E-state index in [1.165, 1.54) is 24.4 Å². The van der Waals surface area contributed by atoms with E-state index in [1.807, 2.05) is 0 Å². The first-order valence-corrected chi connectivity index (χ1v) is 13.3. The third kappa shape index (κ3) is 4.23. The molecule has 3 aliphatic heterocycles. The number of amides is 3. The Labute approximate surface area is 235 Å². The molecule has 2 N–H and O–H groups in total. The first-order chi connectivity index (χ1) is 19.5. The number of quaternary nitrogens is 1. The van der Waals surface area contributed by atoms with Crippen molar-refractivity contribution in [3.05, 3.63) is 52.6 Å². The molecule has 2 aromatic heterocycles. The van der Waals surface area contributed by atoms with Crippen LogP contribution < -0.4 is 9.80 Å². The monoisotopic (exact) mass is 595 g/mol. The molecule has 2 fully saturated rings. The number of piperidine rings is 1. The van der Waals surface area contributed by atoms with Gasteiger partial charge in [-0.2, -0.15) is 22.8 Å². The molecule has 3 aromatic rings. The van der Waals surface area contributed by atoms with E-state index in [-0.39, 0.29) is 48.0 Å². The number of fused-ring (bicyclic) bond motifs is 3. The summed E-state index contributed by atoms with van der Waals surface area (Å²) in [6.07, 6.45) is -5.20. The molecule has 2 unspecified atom stereocenters. The molecular formula is C26H24ClF4N6O4+. The largest absolute Gasteiger partial charge is 0.416 e. The summed E-state index contributed by atoms with van der Waals surface area (Å²) in [5.74, 6) is -3.25. The Morgan fingerprint density at radius 1 is 1.20 bits per heavy atom. The number of halogens is 5. The van der Waals surface area contributed by atoms with Crippen LogP contribution in [0.5, 0.6) is 0 Å². The van der Waals surface area contributed by atoms with Gasteiger partial charge < -0.3 is 15.0 Å². The number of aromatic amines is 1. The Bertz CT molecular complexity index is 1570. The van der Waals surface area contributed by atoms with Crippen LogP contribution in [-0.4, -0.2) is 89.4 Å². The number of carbonyl (C=O) groups is 3. The lowest BCUT2D eigenvalue weighted by molar-refractivity contribution is -0.236. The van der Waals surface area contributed by atoms with Crippen molar-refractivity contribution in [2.24, 2.45) is 0 Å². The summed E-state index contributed by atoms with van der Waals surface area (Å²) in [4.78, 5) is 48.2. The zero-order valence-electron chi connectivity index (χ0n) is 21.4. The van der Waals surface area contributed by atoms with E-state index in [0.717, 1.165) is 11.0 Å². The number of nitrogens with one attached hydrogen (secondary N) is 2. The molecule has 6 rings (SSSR count). The predicted octanol–water partition coefficient (Wildman–Crippen LogP) is 2.85. The van der Waals surface area contributed by atoms with Crippen LogP contribution in [0, 0.1) is 5.82 Å². The highest BCUT2D eigenvalue weighted by Gasteiger charge is 2.68. The van der Waals surface area contributed by atoms with Gasteiger partial charge >= 0.3 is 18.0 Å². The van der Waals surface area contributed by atoms with Crippen molar-refractivity contribution in [2.75, 3.05) is 39.3 Å². The first kappa shape index (κ1) is 27.7. The highest BCUT2D eigenvalue weighted by Crippen LogP contribution is 2.54. The second kappa shape index (κ2) is 9.82. The fraction of sp³-hybridized carbons (Fsp3) is 0.423. The van der Waals surface area contributed by atoms with Crippen LogP contribution in [0.1, 0.15) is 28.9 Å². The SMILES string of the molecule is O=C(C[N+]1(C(=O)c2ccc3[nH]ncc3n2)C(=O)C2(CCNCC2)c2c1ccc(F)c2Cl)N1CCOC(C(F)(F)F)C1. The molecule has 5 heterocycles. The third-order valence-corrected chi connectivity index (χ3v) is 8.56. The molecule has 3 aliphatic rings. The molecule has 2 saturated heterocycles. The number of hydrogen-bond acceptors (Lipinski definition) is 7.